The van der Waals surface area contributed by atoms with Gasteiger partial charge in [-0.1, -0.05) is 122 Å². The fourth-order valence-corrected chi connectivity index (χ4v) is 35.9. The number of Topliss-reactive ketones (excluding diaryl/α,β-unsaturated/α-hetero) is 6. The number of hydrogen-bond donors (Lipinski definition) is 6. The van der Waals surface area contributed by atoms with Crippen LogP contribution >= 0.6 is 141 Å². The second kappa shape index (κ2) is 46.9. The zero-order valence-corrected chi connectivity index (χ0v) is 82.7. The molecule has 640 valence electrons. The first-order valence-electron chi connectivity index (χ1n) is 40.5. The lowest BCUT2D eigenvalue weighted by Gasteiger charge is -2.36. The summed E-state index contributed by atoms with van der Waals surface area (Å²) in [6.07, 6.45) is 11.4. The summed E-state index contributed by atoms with van der Waals surface area (Å²) < 4.78 is 53.6. The molecule has 15 nitrogen and oxygen atoms in total. The lowest BCUT2D eigenvalue weighted by Crippen LogP contribution is -2.53. The number of nitrogens with two attached hydrogens (primary N) is 3. The van der Waals surface area contributed by atoms with Crippen molar-refractivity contribution in [2.45, 2.75) is 277 Å². The summed E-state index contributed by atoms with van der Waals surface area (Å²) in [4.78, 5) is 73.9. The average Bonchev–Trinajstić information content (AvgIpc) is 1.19. The monoisotopic (exact) mass is 1840 g/mol. The Balaban J connectivity index is 0.000000217. The molecule has 8 fully saturated rings. The molecule has 3 aromatic rings. The molecule has 2 aliphatic carbocycles. The van der Waals surface area contributed by atoms with Crippen LogP contribution in [-0.2, 0) is 61.7 Å². The van der Waals surface area contributed by atoms with Crippen molar-refractivity contribution in [2.75, 3.05) is 69.0 Å². The van der Waals surface area contributed by atoms with Crippen LogP contribution in [0.25, 0.3) is 10.8 Å². The van der Waals surface area contributed by atoms with Crippen LogP contribution in [0.1, 0.15) is 214 Å². The Morgan fingerprint density at radius 3 is 1.19 bits per heavy atom. The molecule has 2 saturated carbocycles. The van der Waals surface area contributed by atoms with Crippen molar-refractivity contribution in [3.63, 3.8) is 0 Å². The molecule has 0 radical (unpaired) electrons. The van der Waals surface area contributed by atoms with E-state index in [-0.39, 0.29) is 76.1 Å². The zero-order valence-electron chi connectivity index (χ0n) is 71.4. The van der Waals surface area contributed by atoms with Gasteiger partial charge in [-0.25, -0.2) is 26.8 Å². The van der Waals surface area contributed by atoms with Crippen molar-refractivity contribution in [2.24, 2.45) is 46.8 Å². The number of nitrogens with one attached hydrogen (secondary N) is 3. The number of aryl methyl sites for hydroxylation is 1. The Labute approximate surface area is 740 Å². The van der Waals surface area contributed by atoms with E-state index in [2.05, 4.69) is 62.6 Å². The predicted molar refractivity (Wildman–Crippen MR) is 513 cm³/mol. The SMILES string of the molecule is CC(=O)C1([C@@H](N)CC(C)C)SCCS1.CC(=O)C1([C@@H](N)CC(C)C)SCCS1.CC(=O)C1([C@@H](N)CC2CC2)SCCS1.CC(=O)C1([C@H](CC(C)C)NS(=O)c2ccc(C)cc2)SCCS1.CCC[C@H](NS(=O)C(C)(C)C)C1(C(=O)CC2CC2)SCCS1.[2H][C@](NS(=O)C(C)(C)C)(c1ccc2ccccc2c1)C1(C(C)=O)SCCS1. The van der Waals surface area contributed by atoms with E-state index < -0.39 is 56.0 Å². The van der Waals surface area contributed by atoms with Crippen molar-refractivity contribution >= 4 is 220 Å². The Hall–Kier alpha value is 0.350. The van der Waals surface area contributed by atoms with Gasteiger partial charge < -0.3 is 17.2 Å². The third-order valence-electron chi connectivity index (χ3n) is 20.1. The minimum Gasteiger partial charge on any atom is -0.325 e. The molecule has 30 heteroatoms. The van der Waals surface area contributed by atoms with Gasteiger partial charge in [0.15, 0.2) is 34.7 Å². The van der Waals surface area contributed by atoms with Gasteiger partial charge in [-0.05, 0) is 192 Å². The smallest absolute Gasteiger partial charge is 0.160 e. The Bertz CT molecular complexity index is 3590. The van der Waals surface area contributed by atoms with Crippen LogP contribution in [0.2, 0.25) is 0 Å². The molecular weight excluding hydrogens is 1710 g/mol. The summed E-state index contributed by atoms with van der Waals surface area (Å²) in [6, 6.07) is 19.9. The first-order valence-corrected chi connectivity index (χ1v) is 55.3. The lowest BCUT2D eigenvalue weighted by atomic mass is 9.98. The van der Waals surface area contributed by atoms with E-state index in [9.17, 15) is 42.8 Å². The second-order valence-electron chi connectivity index (χ2n) is 33.4. The number of thioether (sulfide) groups is 12. The van der Waals surface area contributed by atoms with Crippen molar-refractivity contribution in [3.8, 4) is 0 Å². The Kier molecular flexibility index (Phi) is 41.7. The minimum absolute atomic E-state index is 0.00121. The molecule has 3 unspecified atom stereocenters. The van der Waals surface area contributed by atoms with Gasteiger partial charge >= 0.3 is 0 Å². The first-order chi connectivity index (χ1) is 53.4. The summed E-state index contributed by atoms with van der Waals surface area (Å²) in [7, 11) is -3.93. The van der Waals surface area contributed by atoms with Crippen LogP contribution in [-0.4, -0.2) is 181 Å². The number of carbonyl (C=O) groups excluding carboxylic acids is 6. The van der Waals surface area contributed by atoms with Crippen LogP contribution < -0.4 is 31.4 Å². The summed E-state index contributed by atoms with van der Waals surface area (Å²) in [5.41, 5.74) is 20.3. The predicted octanol–water partition coefficient (Wildman–Crippen LogP) is 18.4. The molecule has 0 aromatic heterocycles. The van der Waals surface area contributed by atoms with Crippen molar-refractivity contribution in [1.29, 1.82) is 0 Å². The van der Waals surface area contributed by atoms with Gasteiger partial charge in [0, 0.05) is 93.6 Å². The molecule has 6 aliphatic heterocycles. The fourth-order valence-electron chi connectivity index (χ4n) is 13.7. The third-order valence-corrected chi connectivity index (χ3v) is 46.9. The van der Waals surface area contributed by atoms with Crippen molar-refractivity contribution < 1.29 is 42.8 Å². The van der Waals surface area contributed by atoms with Crippen LogP contribution in [0.5, 0.6) is 0 Å². The maximum atomic E-state index is 13.0. The van der Waals surface area contributed by atoms with Crippen LogP contribution in [0.15, 0.2) is 71.6 Å². The zero-order chi connectivity index (χ0) is 85.0. The Morgan fingerprint density at radius 1 is 0.460 bits per heavy atom. The molecule has 11 rings (SSSR count). The van der Waals surface area contributed by atoms with Gasteiger partial charge in [0.25, 0.3) is 0 Å². The normalized spacial score (nSPS) is 22.6. The summed E-state index contributed by atoms with van der Waals surface area (Å²) in [5.74, 6) is 16.1. The lowest BCUT2D eigenvalue weighted by molar-refractivity contribution is -0.120. The van der Waals surface area contributed by atoms with E-state index in [1.54, 1.807) is 145 Å². The van der Waals surface area contributed by atoms with E-state index in [1.165, 1.54) is 56.1 Å². The molecule has 0 spiro atoms. The number of rotatable bonds is 32. The summed E-state index contributed by atoms with van der Waals surface area (Å²) in [6.45, 7) is 36.8. The third kappa shape index (κ3) is 29.0. The fraction of sp³-hybridized carbons (Fsp3) is 0.735. The van der Waals surface area contributed by atoms with Crippen LogP contribution in [0.4, 0.5) is 0 Å². The molecule has 0 amide bonds. The first kappa shape index (κ1) is 100. The van der Waals surface area contributed by atoms with Crippen LogP contribution in [0, 0.1) is 36.5 Å². The highest BCUT2D eigenvalue weighted by Gasteiger charge is 2.54. The van der Waals surface area contributed by atoms with Gasteiger partial charge in [-0.15, -0.1) is 141 Å². The van der Waals surface area contributed by atoms with E-state index in [0.29, 0.717) is 41.4 Å². The minimum atomic E-state index is -1.51. The Morgan fingerprint density at radius 2 is 0.823 bits per heavy atom. The van der Waals surface area contributed by atoms with Crippen LogP contribution in [0.3, 0.4) is 0 Å². The quantitative estimate of drug-likeness (QED) is 0.0339. The van der Waals surface area contributed by atoms with E-state index >= 15 is 0 Å². The number of hydrogen-bond acceptors (Lipinski definition) is 24. The molecule has 6 heterocycles. The highest BCUT2D eigenvalue weighted by atomic mass is 32.2. The topological polar surface area (TPSA) is 268 Å². The summed E-state index contributed by atoms with van der Waals surface area (Å²) >= 11 is 20.4. The van der Waals surface area contributed by atoms with E-state index in [1.807, 2.05) is 115 Å². The molecule has 9 N–H and O–H groups in total. The second-order valence-corrected chi connectivity index (χ2v) is 56.2. The highest BCUT2D eigenvalue weighted by molar-refractivity contribution is 8.24. The number of carbonyl (C=O) groups is 6. The molecule has 0 bridgehead atoms. The molecule has 9 atom stereocenters. The molecular formula is C83H134N6O9S15. The number of fused-ring (bicyclic) bond motifs is 1. The van der Waals surface area contributed by atoms with Gasteiger partial charge in [-0.3, -0.25) is 28.8 Å². The van der Waals surface area contributed by atoms with E-state index in [4.69, 9.17) is 17.2 Å². The number of ketones is 6. The molecule has 8 aliphatic rings. The van der Waals surface area contributed by atoms with Gasteiger partial charge in [0.05, 0.1) is 55.8 Å². The van der Waals surface area contributed by atoms with Gasteiger partial charge in [0.2, 0.25) is 0 Å². The molecule has 3 aromatic carbocycles. The largest absolute Gasteiger partial charge is 0.325 e. The summed E-state index contributed by atoms with van der Waals surface area (Å²) in [5, 5.41) is 2.07. The van der Waals surface area contributed by atoms with E-state index in [0.717, 1.165) is 135 Å². The molecule has 6 saturated heterocycles. The molecule has 113 heavy (non-hydrogen) atoms. The van der Waals surface area contributed by atoms with Crippen molar-refractivity contribution in [3.05, 3.63) is 77.9 Å². The maximum Gasteiger partial charge on any atom is 0.160 e. The van der Waals surface area contributed by atoms with Gasteiger partial charge in [-0.2, -0.15) is 0 Å². The average molecular weight is 1840 g/mol. The maximum absolute atomic E-state index is 13.0. The standard InChI is InChI=1S/C20H25NO2S3.C17H25NO2S3.C16H29NO2S3.C10H17NOS2.2C10H19NOS2/c1-14(22)20(24-11-12-25-20)18(21-26(23)19(2,3)4)17-10-9-15-7-5-6-8-16(15)13-17;1-12(2)11-16(17(14(4)19)21-9-10-22-17)18-23(20)15-7-5-13(3)6-8-15;1-5-6-13(17-22(19)15(2,3)4)16(20-9-10-21-16)14(18)11-12-7-8-12;1-7(12)10(13-4-5-14-10)9(11)6-8-2-3-8;2*1-7(2)6-9(11)10(8(3)12)13-4-5-14-10/h5-10,13,18,21H,11-12H2,1-4H3;5-8,12,16,18H,9-11H2,1-4H3;12-13,17H,5-11H2,1-4H3;8-9H,2-6,11H2,1H3;2*7,9H,4-6,11H2,1-3H3/t18-,26?;16-,23?;13-,22?;3*9-/m000000/s1/i18D;;;;;. The highest BCUT2D eigenvalue weighted by Crippen LogP contribution is 2.56. The van der Waals surface area contributed by atoms with Gasteiger partial charge in [0.1, 0.15) is 35.5 Å². The number of benzene rings is 3. The van der Waals surface area contributed by atoms with Crippen molar-refractivity contribution in [1.82, 2.24) is 14.2 Å².